The molecule has 6 nitrogen and oxygen atoms in total. The van der Waals surface area contributed by atoms with E-state index in [-0.39, 0.29) is 5.70 Å². The van der Waals surface area contributed by atoms with Crippen molar-refractivity contribution < 1.29 is 23.8 Å². The van der Waals surface area contributed by atoms with Crippen LogP contribution in [-0.2, 0) is 11.2 Å². The molecule has 1 aliphatic rings. The molecule has 2 atom stereocenters. The van der Waals surface area contributed by atoms with Crippen molar-refractivity contribution in [2.24, 2.45) is 0 Å². The van der Waals surface area contributed by atoms with Crippen molar-refractivity contribution in [1.82, 2.24) is 10.2 Å². The molecule has 3 rings (SSSR count). The lowest BCUT2D eigenvalue weighted by molar-refractivity contribution is -0.134. The first-order valence-corrected chi connectivity index (χ1v) is 10.5. The molecular formula is C21H25F2N3O3S. The molecule has 1 aromatic carbocycles. The number of hydrogen-bond acceptors (Lipinski definition) is 6. The number of anilines is 1. The average molecular weight is 438 g/mol. The van der Waals surface area contributed by atoms with Gasteiger partial charge in [0.15, 0.2) is 6.10 Å². The van der Waals surface area contributed by atoms with E-state index >= 15 is 0 Å². The predicted molar refractivity (Wildman–Crippen MR) is 112 cm³/mol. The number of hydrogen-bond donors (Lipinski definition) is 3. The summed E-state index contributed by atoms with van der Waals surface area (Å²) in [5, 5.41) is 25.1. The van der Waals surface area contributed by atoms with Crippen LogP contribution in [0, 0.1) is 11.6 Å². The fraction of sp³-hybridized carbons (Fsp3) is 0.381. The predicted octanol–water partition coefficient (Wildman–Crippen LogP) is 1.74. The molecule has 162 valence electrons. The van der Waals surface area contributed by atoms with Crippen LogP contribution in [0.3, 0.4) is 0 Å². The van der Waals surface area contributed by atoms with Crippen molar-refractivity contribution in [3.63, 3.8) is 0 Å². The molecule has 2 aromatic rings. The smallest absolute Gasteiger partial charge is 0.251 e. The molecule has 1 saturated heterocycles. The van der Waals surface area contributed by atoms with Crippen LogP contribution in [0.5, 0.6) is 0 Å². The number of aliphatic hydroxyl groups is 2. The van der Waals surface area contributed by atoms with Gasteiger partial charge in [-0.2, -0.15) is 0 Å². The Hall–Kier alpha value is -2.49. The van der Waals surface area contributed by atoms with E-state index < -0.39 is 29.7 Å². The van der Waals surface area contributed by atoms with E-state index in [1.807, 2.05) is 17.5 Å². The van der Waals surface area contributed by atoms with Gasteiger partial charge in [0.2, 0.25) is 0 Å². The van der Waals surface area contributed by atoms with Crippen LogP contribution < -0.4 is 10.2 Å². The summed E-state index contributed by atoms with van der Waals surface area (Å²) in [5.41, 5.74) is 0.544. The fourth-order valence-electron chi connectivity index (χ4n) is 3.35. The third kappa shape index (κ3) is 5.35. The molecule has 1 fully saturated rings. The highest BCUT2D eigenvalue weighted by molar-refractivity contribution is 7.09. The van der Waals surface area contributed by atoms with E-state index in [1.165, 1.54) is 12.1 Å². The summed E-state index contributed by atoms with van der Waals surface area (Å²) in [6, 6.07) is 7.34. The average Bonchev–Trinajstić information content (AvgIpc) is 3.26. The second-order valence-corrected chi connectivity index (χ2v) is 8.10. The Kier molecular flexibility index (Phi) is 7.41. The summed E-state index contributed by atoms with van der Waals surface area (Å²) in [6.45, 7) is 5.87. The molecule has 0 aliphatic carbocycles. The van der Waals surface area contributed by atoms with E-state index in [4.69, 9.17) is 0 Å². The minimum absolute atomic E-state index is 0.232. The minimum atomic E-state index is -1.63. The molecule has 9 heteroatoms. The van der Waals surface area contributed by atoms with E-state index in [0.717, 1.165) is 10.9 Å². The second-order valence-electron chi connectivity index (χ2n) is 7.07. The molecule has 1 aromatic heterocycles. The first-order valence-electron chi connectivity index (χ1n) is 9.67. The van der Waals surface area contributed by atoms with Crippen molar-refractivity contribution in [1.29, 1.82) is 0 Å². The molecule has 0 bridgehead atoms. The van der Waals surface area contributed by atoms with Gasteiger partial charge in [0, 0.05) is 49.4 Å². The van der Waals surface area contributed by atoms with Gasteiger partial charge < -0.3 is 25.3 Å². The van der Waals surface area contributed by atoms with Crippen molar-refractivity contribution in [3.8, 4) is 0 Å². The minimum Gasteiger partial charge on any atom is -0.384 e. The molecule has 0 saturated carbocycles. The lowest BCUT2D eigenvalue weighted by Gasteiger charge is -2.39. The van der Waals surface area contributed by atoms with E-state index in [0.29, 0.717) is 44.8 Å². The Morgan fingerprint density at radius 2 is 1.90 bits per heavy atom. The number of thiophene rings is 1. The Morgan fingerprint density at radius 3 is 2.53 bits per heavy atom. The van der Waals surface area contributed by atoms with Gasteiger partial charge >= 0.3 is 0 Å². The van der Waals surface area contributed by atoms with Crippen molar-refractivity contribution in [2.75, 3.05) is 37.6 Å². The summed E-state index contributed by atoms with van der Waals surface area (Å²) in [5.74, 6) is -1.92. The van der Waals surface area contributed by atoms with Crippen molar-refractivity contribution >= 4 is 22.9 Å². The lowest BCUT2D eigenvalue weighted by atomic mass is 10.1. The van der Waals surface area contributed by atoms with Crippen LogP contribution in [0.2, 0.25) is 0 Å². The molecule has 3 N–H and O–H groups in total. The van der Waals surface area contributed by atoms with Crippen LogP contribution in [0.4, 0.5) is 14.5 Å². The molecule has 0 unspecified atom stereocenters. The maximum absolute atomic E-state index is 14.0. The maximum Gasteiger partial charge on any atom is 0.251 e. The molecule has 2 heterocycles. The fourth-order valence-corrected chi connectivity index (χ4v) is 4.06. The van der Waals surface area contributed by atoms with Crippen LogP contribution >= 0.6 is 11.3 Å². The largest absolute Gasteiger partial charge is 0.384 e. The highest BCUT2D eigenvalue weighted by atomic mass is 32.1. The number of amides is 1. The maximum atomic E-state index is 14.0. The Morgan fingerprint density at radius 1 is 1.17 bits per heavy atom. The van der Waals surface area contributed by atoms with Gasteiger partial charge in [0.05, 0.1) is 5.69 Å². The molecule has 30 heavy (non-hydrogen) atoms. The van der Waals surface area contributed by atoms with Crippen LogP contribution in [0.25, 0.3) is 0 Å². The Bertz CT molecular complexity index is 870. The zero-order valence-corrected chi connectivity index (χ0v) is 17.2. The number of carbonyl (C=O) groups excluding carboxylic acids is 1. The van der Waals surface area contributed by atoms with Gasteiger partial charge in [-0.15, -0.1) is 11.3 Å². The third-order valence-electron chi connectivity index (χ3n) is 5.10. The second kappa shape index (κ2) is 10.0. The number of carbonyl (C=O) groups is 1. The van der Waals surface area contributed by atoms with Crippen LogP contribution in [0.1, 0.15) is 4.88 Å². The Labute approximate surface area is 178 Å². The van der Waals surface area contributed by atoms with Crippen LogP contribution in [-0.4, -0.2) is 66.0 Å². The third-order valence-corrected chi connectivity index (χ3v) is 6.03. The standard InChI is InChI=1S/C21H25F2N3O3S/c1-14(19(27)20(28)21(29)24-7-6-16-3-2-12-30-16)25-8-10-26(11-9-25)18-5-4-15(22)13-17(18)23/h2-5,12-13,19-20,27-28H,1,6-11H2,(H,24,29)/t19-,20+/m0/s1. The topological polar surface area (TPSA) is 76.0 Å². The number of benzene rings is 1. The summed E-state index contributed by atoms with van der Waals surface area (Å²) in [6.07, 6.45) is -2.43. The zero-order valence-electron chi connectivity index (χ0n) is 16.4. The van der Waals surface area contributed by atoms with Gasteiger partial charge in [-0.1, -0.05) is 12.6 Å². The highest BCUT2D eigenvalue weighted by Crippen LogP contribution is 2.23. The van der Waals surface area contributed by atoms with Gasteiger partial charge in [-0.3, -0.25) is 4.79 Å². The normalized spacial score (nSPS) is 16.3. The summed E-state index contributed by atoms with van der Waals surface area (Å²) < 4.78 is 27.1. The highest BCUT2D eigenvalue weighted by Gasteiger charge is 2.30. The van der Waals surface area contributed by atoms with Crippen molar-refractivity contribution in [3.05, 3.63) is 64.5 Å². The molecule has 0 radical (unpaired) electrons. The molecule has 1 aliphatic heterocycles. The monoisotopic (exact) mass is 437 g/mol. The van der Waals surface area contributed by atoms with Crippen molar-refractivity contribution in [2.45, 2.75) is 18.6 Å². The number of piperazine rings is 1. The summed E-state index contributed by atoms with van der Waals surface area (Å²) in [4.78, 5) is 16.8. The van der Waals surface area contributed by atoms with Gasteiger partial charge in [0.1, 0.15) is 17.7 Å². The number of nitrogens with zero attached hydrogens (tertiary/aromatic N) is 2. The van der Waals surface area contributed by atoms with E-state index in [1.54, 1.807) is 21.1 Å². The van der Waals surface area contributed by atoms with Gasteiger partial charge in [-0.05, 0) is 30.0 Å². The van der Waals surface area contributed by atoms with E-state index in [9.17, 15) is 23.8 Å². The number of nitrogens with one attached hydrogen (secondary N) is 1. The molecule has 0 spiro atoms. The number of halogens is 2. The first-order chi connectivity index (χ1) is 14.4. The molecule has 1 amide bonds. The molecular weight excluding hydrogens is 412 g/mol. The zero-order chi connectivity index (χ0) is 21.7. The quantitative estimate of drug-likeness (QED) is 0.587. The first kappa shape index (κ1) is 22.2. The summed E-state index contributed by atoms with van der Waals surface area (Å²) in [7, 11) is 0. The van der Waals surface area contributed by atoms with E-state index in [2.05, 4.69) is 11.9 Å². The number of rotatable bonds is 8. The van der Waals surface area contributed by atoms with Gasteiger partial charge in [-0.25, -0.2) is 8.78 Å². The van der Waals surface area contributed by atoms with Crippen LogP contribution in [0.15, 0.2) is 48.0 Å². The van der Waals surface area contributed by atoms with Gasteiger partial charge in [0.25, 0.3) is 5.91 Å². The lowest BCUT2D eigenvalue weighted by Crippen LogP contribution is -2.51. The number of aliphatic hydroxyl groups excluding tert-OH is 2. The summed E-state index contributed by atoms with van der Waals surface area (Å²) >= 11 is 1.58. The Balaban J connectivity index is 1.47. The SMILES string of the molecule is C=C([C@H](O)[C@@H](O)C(=O)NCCc1cccs1)N1CCN(c2ccc(F)cc2F)CC1.